The summed E-state index contributed by atoms with van der Waals surface area (Å²) in [6.45, 7) is -1.80. The van der Waals surface area contributed by atoms with Gasteiger partial charge in [-0.15, -0.1) is 0 Å². The Hall–Kier alpha value is -2.77. The second kappa shape index (κ2) is 6.62. The maximum absolute atomic E-state index is 13.3. The summed E-state index contributed by atoms with van der Waals surface area (Å²) in [5.74, 6) is -5.42. The molecule has 6 nitrogen and oxygen atoms in total. The van der Waals surface area contributed by atoms with Gasteiger partial charge >= 0.3 is 6.18 Å². The molecule has 1 aliphatic heterocycles. The van der Waals surface area contributed by atoms with E-state index in [1.54, 1.807) is 6.07 Å². The molecule has 25 heavy (non-hydrogen) atoms. The molecule has 11 heteroatoms. The maximum Gasteiger partial charge on any atom is 0.418 e. The molecule has 2 amide bonds. The van der Waals surface area contributed by atoms with Crippen LogP contribution in [0.3, 0.4) is 0 Å². The first-order valence-electron chi connectivity index (χ1n) is 6.91. The lowest BCUT2D eigenvalue weighted by Gasteiger charge is -2.19. The van der Waals surface area contributed by atoms with E-state index in [-0.39, 0.29) is 0 Å². The third kappa shape index (κ3) is 4.20. The van der Waals surface area contributed by atoms with E-state index in [1.807, 2.05) is 5.32 Å². The van der Waals surface area contributed by atoms with E-state index in [1.165, 1.54) is 0 Å². The Bertz CT molecular complexity index is 729. The van der Waals surface area contributed by atoms with Crippen LogP contribution in [0, 0.1) is 11.3 Å². The minimum atomic E-state index is -4.83. The van der Waals surface area contributed by atoms with Gasteiger partial charge in [0.15, 0.2) is 0 Å². The van der Waals surface area contributed by atoms with Crippen LogP contribution in [-0.4, -0.2) is 46.8 Å². The number of amides is 2. The number of nitriles is 1. The Kier molecular flexibility index (Phi) is 4.92. The van der Waals surface area contributed by atoms with Crippen LogP contribution in [0.1, 0.15) is 22.3 Å². The summed E-state index contributed by atoms with van der Waals surface area (Å²) in [7, 11) is 0. The standard InChI is InChI=1S/C14H11F5N4O2/c15-13(16)3-8(4-20)23(7-13)11(24)6-22-12(25)9-1-2-21-5-10(9)14(17,18)19/h1-2,5,8H,3,6-7H2,(H,22,25). The first kappa shape index (κ1) is 18.6. The van der Waals surface area contributed by atoms with Crippen molar-refractivity contribution < 1.29 is 31.5 Å². The monoisotopic (exact) mass is 362 g/mol. The number of carbonyl (C=O) groups is 2. The zero-order chi connectivity index (χ0) is 18.8. The van der Waals surface area contributed by atoms with Crippen LogP contribution in [-0.2, 0) is 11.0 Å². The van der Waals surface area contributed by atoms with Crippen LogP contribution in [0.15, 0.2) is 18.5 Å². The summed E-state index contributed by atoms with van der Waals surface area (Å²) in [6.07, 6.45) is -4.22. The van der Waals surface area contributed by atoms with E-state index >= 15 is 0 Å². The van der Waals surface area contributed by atoms with Crippen LogP contribution in [0.2, 0.25) is 0 Å². The second-order valence-corrected chi connectivity index (χ2v) is 5.33. The van der Waals surface area contributed by atoms with Crippen molar-refractivity contribution in [3.8, 4) is 6.07 Å². The third-order valence-corrected chi connectivity index (χ3v) is 3.51. The number of hydrogen-bond donors (Lipinski definition) is 1. The lowest BCUT2D eigenvalue weighted by Crippen LogP contribution is -2.43. The molecule has 134 valence electrons. The average Bonchev–Trinajstić information content (AvgIpc) is 2.86. The third-order valence-electron chi connectivity index (χ3n) is 3.51. The van der Waals surface area contributed by atoms with Crippen LogP contribution < -0.4 is 5.32 Å². The summed E-state index contributed by atoms with van der Waals surface area (Å²) in [5, 5.41) is 10.8. The summed E-state index contributed by atoms with van der Waals surface area (Å²) in [5.41, 5.74) is -2.04. The number of rotatable bonds is 3. The van der Waals surface area contributed by atoms with Crippen LogP contribution >= 0.6 is 0 Å². The predicted octanol–water partition coefficient (Wildman–Crippen LogP) is 1.59. The maximum atomic E-state index is 13.3. The molecular formula is C14H11F5N4O2. The molecule has 0 radical (unpaired) electrons. The number of likely N-dealkylation sites (tertiary alicyclic amines) is 1. The lowest BCUT2D eigenvalue weighted by molar-refractivity contribution is -0.138. The van der Waals surface area contributed by atoms with Gasteiger partial charge in [-0.1, -0.05) is 0 Å². The van der Waals surface area contributed by atoms with Crippen molar-refractivity contribution in [1.82, 2.24) is 15.2 Å². The smallest absolute Gasteiger partial charge is 0.343 e. The molecule has 0 aromatic carbocycles. The molecule has 2 heterocycles. The molecule has 1 aromatic heterocycles. The summed E-state index contributed by atoms with van der Waals surface area (Å²) < 4.78 is 65.0. The first-order chi connectivity index (χ1) is 11.5. The number of halogens is 5. The highest BCUT2D eigenvalue weighted by molar-refractivity contribution is 5.97. The van der Waals surface area contributed by atoms with Crippen molar-refractivity contribution in [2.75, 3.05) is 13.1 Å². The minimum Gasteiger partial charge on any atom is -0.343 e. The van der Waals surface area contributed by atoms with Gasteiger partial charge in [0, 0.05) is 18.8 Å². The molecule has 1 N–H and O–H groups in total. The molecule has 2 rings (SSSR count). The van der Waals surface area contributed by atoms with E-state index in [9.17, 15) is 31.5 Å². The molecule has 0 saturated carbocycles. The normalized spacial score (nSPS) is 19.4. The van der Waals surface area contributed by atoms with Gasteiger partial charge in [-0.2, -0.15) is 18.4 Å². The largest absolute Gasteiger partial charge is 0.418 e. The number of nitrogens with one attached hydrogen (secondary N) is 1. The number of pyridine rings is 1. The quantitative estimate of drug-likeness (QED) is 0.828. The van der Waals surface area contributed by atoms with E-state index < -0.39 is 60.6 Å². The molecule has 0 aliphatic carbocycles. The topological polar surface area (TPSA) is 86.1 Å². The van der Waals surface area contributed by atoms with Gasteiger partial charge in [0.1, 0.15) is 6.04 Å². The van der Waals surface area contributed by atoms with Gasteiger partial charge in [-0.3, -0.25) is 14.6 Å². The van der Waals surface area contributed by atoms with Gasteiger partial charge in [-0.05, 0) is 6.07 Å². The zero-order valence-corrected chi connectivity index (χ0v) is 12.5. The Labute approximate surface area is 138 Å². The molecular weight excluding hydrogens is 351 g/mol. The second-order valence-electron chi connectivity index (χ2n) is 5.33. The Morgan fingerprint density at radius 1 is 1.44 bits per heavy atom. The highest BCUT2D eigenvalue weighted by atomic mass is 19.4. The first-order valence-corrected chi connectivity index (χ1v) is 6.91. The Morgan fingerprint density at radius 2 is 2.12 bits per heavy atom. The number of alkyl halides is 5. The summed E-state index contributed by atoms with van der Waals surface area (Å²) in [6, 6.07) is 1.02. The highest BCUT2D eigenvalue weighted by Crippen LogP contribution is 2.32. The van der Waals surface area contributed by atoms with E-state index in [0.717, 1.165) is 12.3 Å². The zero-order valence-electron chi connectivity index (χ0n) is 12.5. The van der Waals surface area contributed by atoms with Crippen molar-refractivity contribution in [2.45, 2.75) is 24.6 Å². The van der Waals surface area contributed by atoms with Gasteiger partial charge in [0.25, 0.3) is 11.8 Å². The molecule has 1 fully saturated rings. The van der Waals surface area contributed by atoms with E-state index in [0.29, 0.717) is 11.1 Å². The molecule has 1 unspecified atom stereocenters. The predicted molar refractivity (Wildman–Crippen MR) is 72.3 cm³/mol. The lowest BCUT2D eigenvalue weighted by atomic mass is 10.1. The Balaban J connectivity index is 2.06. The van der Waals surface area contributed by atoms with Crippen molar-refractivity contribution in [1.29, 1.82) is 5.26 Å². The van der Waals surface area contributed by atoms with Crippen molar-refractivity contribution >= 4 is 11.8 Å². The van der Waals surface area contributed by atoms with Gasteiger partial charge < -0.3 is 10.2 Å². The van der Waals surface area contributed by atoms with Gasteiger partial charge in [0.2, 0.25) is 5.91 Å². The molecule has 1 saturated heterocycles. The average molecular weight is 362 g/mol. The van der Waals surface area contributed by atoms with Crippen LogP contribution in [0.25, 0.3) is 0 Å². The van der Waals surface area contributed by atoms with Crippen molar-refractivity contribution in [3.05, 3.63) is 29.6 Å². The highest BCUT2D eigenvalue weighted by Gasteiger charge is 2.47. The van der Waals surface area contributed by atoms with Crippen LogP contribution in [0.4, 0.5) is 22.0 Å². The molecule has 1 aromatic rings. The van der Waals surface area contributed by atoms with Crippen LogP contribution in [0.5, 0.6) is 0 Å². The summed E-state index contributed by atoms with van der Waals surface area (Å²) in [4.78, 5) is 27.7. The molecule has 1 aliphatic rings. The number of nitrogens with zero attached hydrogens (tertiary/aromatic N) is 3. The van der Waals surface area contributed by atoms with Crippen molar-refractivity contribution in [2.24, 2.45) is 0 Å². The van der Waals surface area contributed by atoms with Gasteiger partial charge in [0.05, 0.1) is 30.3 Å². The molecule has 0 spiro atoms. The SMILES string of the molecule is N#CC1CC(F)(F)CN1C(=O)CNC(=O)c1ccncc1C(F)(F)F. The minimum absolute atomic E-state index is 0.462. The number of aromatic nitrogens is 1. The number of carbonyl (C=O) groups excluding carboxylic acids is 2. The fourth-order valence-corrected chi connectivity index (χ4v) is 2.37. The Morgan fingerprint density at radius 3 is 2.72 bits per heavy atom. The van der Waals surface area contributed by atoms with E-state index in [4.69, 9.17) is 5.26 Å². The fraction of sp³-hybridized carbons (Fsp3) is 0.429. The molecule has 1 atom stereocenters. The van der Waals surface area contributed by atoms with Gasteiger partial charge in [-0.25, -0.2) is 8.78 Å². The van der Waals surface area contributed by atoms with E-state index in [2.05, 4.69) is 4.98 Å². The summed E-state index contributed by atoms with van der Waals surface area (Å²) >= 11 is 0. The number of hydrogen-bond acceptors (Lipinski definition) is 4. The fourth-order valence-electron chi connectivity index (χ4n) is 2.37. The van der Waals surface area contributed by atoms with Crippen molar-refractivity contribution in [3.63, 3.8) is 0 Å². The molecule has 0 bridgehead atoms.